The van der Waals surface area contributed by atoms with Crippen molar-refractivity contribution in [1.82, 2.24) is 10.0 Å². The summed E-state index contributed by atoms with van der Waals surface area (Å²) in [4.78, 5) is 25.7. The average Bonchev–Trinajstić information content (AvgIpc) is 3.07. The third-order valence-corrected chi connectivity index (χ3v) is 6.69. The Kier molecular flexibility index (Phi) is 6.97. The minimum absolute atomic E-state index is 0.00840. The van der Waals surface area contributed by atoms with Crippen molar-refractivity contribution in [3.63, 3.8) is 0 Å². The molecule has 2 aromatic rings. The van der Waals surface area contributed by atoms with Gasteiger partial charge in [-0.2, -0.15) is 0 Å². The summed E-state index contributed by atoms with van der Waals surface area (Å²) in [5.41, 5.74) is 2.40. The molecule has 0 aromatic heterocycles. The molecule has 1 atom stereocenters. The van der Waals surface area contributed by atoms with E-state index in [1.165, 1.54) is 13.0 Å². The van der Waals surface area contributed by atoms with Crippen molar-refractivity contribution in [1.29, 1.82) is 0 Å². The maximum absolute atomic E-state index is 12.6. The van der Waals surface area contributed by atoms with Gasteiger partial charge < -0.3 is 15.0 Å². The van der Waals surface area contributed by atoms with Crippen LogP contribution in [0.3, 0.4) is 0 Å². The molecule has 0 spiro atoms. The highest BCUT2D eigenvalue weighted by Crippen LogP contribution is 2.33. The quantitative estimate of drug-likeness (QED) is 0.647. The number of ether oxygens (including phenoxy) is 1. The van der Waals surface area contributed by atoms with Crippen LogP contribution in [0.5, 0.6) is 5.75 Å². The number of methoxy groups -OCH3 is 1. The second kappa shape index (κ2) is 9.49. The lowest BCUT2D eigenvalue weighted by Gasteiger charge is -2.20. The average molecular weight is 446 g/mol. The Morgan fingerprint density at radius 1 is 1.19 bits per heavy atom. The van der Waals surface area contributed by atoms with Crippen molar-refractivity contribution in [2.45, 2.75) is 44.2 Å². The number of hydrogen-bond acceptors (Lipinski definition) is 5. The van der Waals surface area contributed by atoms with E-state index >= 15 is 0 Å². The zero-order valence-corrected chi connectivity index (χ0v) is 18.7. The van der Waals surface area contributed by atoms with Crippen LogP contribution < -0.4 is 19.7 Å². The fourth-order valence-corrected chi connectivity index (χ4v) is 4.85. The Morgan fingerprint density at radius 3 is 2.65 bits per heavy atom. The number of para-hydroxylation sites is 1. The molecular weight excluding hydrogens is 418 g/mol. The molecule has 2 N–H and O–H groups in total. The number of fused-ring (bicyclic) bond motifs is 1. The van der Waals surface area contributed by atoms with Gasteiger partial charge in [-0.15, -0.1) is 0 Å². The minimum atomic E-state index is -3.76. The second-order valence-corrected chi connectivity index (χ2v) is 9.24. The van der Waals surface area contributed by atoms with E-state index in [0.29, 0.717) is 18.7 Å². The van der Waals surface area contributed by atoms with Gasteiger partial charge in [0.15, 0.2) is 0 Å². The summed E-state index contributed by atoms with van der Waals surface area (Å²) in [6.45, 7) is 3.70. The summed E-state index contributed by atoms with van der Waals surface area (Å²) in [6, 6.07) is 12.1. The largest absolute Gasteiger partial charge is 0.496 e. The van der Waals surface area contributed by atoms with Gasteiger partial charge in [-0.05, 0) is 43.2 Å². The molecule has 0 saturated heterocycles. The molecule has 31 heavy (non-hydrogen) atoms. The molecular formula is C22H27N3O5S. The highest BCUT2D eigenvalue weighted by Gasteiger charge is 2.30. The maximum Gasteiger partial charge on any atom is 0.240 e. The maximum atomic E-state index is 12.6. The van der Waals surface area contributed by atoms with Crippen LogP contribution in [0.25, 0.3) is 0 Å². The third-order valence-electron chi connectivity index (χ3n) is 5.23. The number of benzene rings is 2. The third kappa shape index (κ3) is 5.23. The van der Waals surface area contributed by atoms with Crippen molar-refractivity contribution in [3.8, 4) is 5.75 Å². The number of nitrogens with one attached hydrogen (secondary N) is 2. The molecule has 1 aliphatic heterocycles. The SMILES string of the molecule is COc1ccccc1CNC(=O)CCNS(=O)(=O)c1ccc2c(c1)C[C@H](C)N2C(C)=O. The number of hydrogen-bond donors (Lipinski definition) is 2. The Bertz CT molecular complexity index is 1080. The van der Waals surface area contributed by atoms with Gasteiger partial charge in [0.1, 0.15) is 5.75 Å². The van der Waals surface area contributed by atoms with Gasteiger partial charge in [0.25, 0.3) is 0 Å². The highest BCUT2D eigenvalue weighted by atomic mass is 32.2. The van der Waals surface area contributed by atoms with Crippen molar-refractivity contribution < 1.29 is 22.7 Å². The molecule has 1 heterocycles. The fourth-order valence-electron chi connectivity index (χ4n) is 3.77. The zero-order valence-electron chi connectivity index (χ0n) is 17.8. The van der Waals surface area contributed by atoms with E-state index in [9.17, 15) is 18.0 Å². The normalized spacial score (nSPS) is 15.5. The number of carbonyl (C=O) groups excluding carboxylic acids is 2. The fraction of sp³-hybridized carbons (Fsp3) is 0.364. The molecule has 0 aliphatic carbocycles. The van der Waals surface area contributed by atoms with Gasteiger partial charge in [-0.1, -0.05) is 18.2 Å². The van der Waals surface area contributed by atoms with Gasteiger partial charge in [0.2, 0.25) is 21.8 Å². The van der Waals surface area contributed by atoms with E-state index in [0.717, 1.165) is 16.8 Å². The summed E-state index contributed by atoms with van der Waals surface area (Å²) >= 11 is 0. The van der Waals surface area contributed by atoms with Crippen LogP contribution >= 0.6 is 0 Å². The van der Waals surface area contributed by atoms with Crippen LogP contribution in [-0.4, -0.2) is 39.9 Å². The molecule has 0 bridgehead atoms. The first-order chi connectivity index (χ1) is 14.7. The van der Waals surface area contributed by atoms with Gasteiger partial charge in [-0.25, -0.2) is 13.1 Å². The standard InChI is InChI=1S/C22H27N3O5S/c1-15-12-18-13-19(8-9-20(18)25(15)16(2)26)31(28,29)24-11-10-22(27)23-14-17-6-4-5-7-21(17)30-3/h4-9,13,15,24H,10-12,14H2,1-3H3,(H,23,27)/t15-/m0/s1. The van der Waals surface area contributed by atoms with Crippen molar-refractivity contribution in [3.05, 3.63) is 53.6 Å². The molecule has 2 aromatic carbocycles. The first kappa shape index (κ1) is 22.8. The molecule has 2 amide bonds. The molecule has 9 heteroatoms. The Labute approximate surface area is 182 Å². The van der Waals surface area contributed by atoms with Gasteiger partial charge in [-0.3, -0.25) is 9.59 Å². The topological polar surface area (TPSA) is 105 Å². The van der Waals surface area contributed by atoms with Crippen LogP contribution in [0.4, 0.5) is 5.69 Å². The lowest BCUT2D eigenvalue weighted by molar-refractivity contribution is -0.121. The van der Waals surface area contributed by atoms with Crippen LogP contribution in [-0.2, 0) is 32.6 Å². The van der Waals surface area contributed by atoms with Crippen LogP contribution in [0, 0.1) is 0 Å². The second-order valence-electron chi connectivity index (χ2n) is 7.47. The summed E-state index contributed by atoms with van der Waals surface area (Å²) in [7, 11) is -2.20. The molecule has 166 valence electrons. The Hall–Kier alpha value is -2.91. The van der Waals surface area contributed by atoms with E-state index in [1.807, 2.05) is 31.2 Å². The predicted octanol–water partition coefficient (Wildman–Crippen LogP) is 1.98. The predicted molar refractivity (Wildman–Crippen MR) is 117 cm³/mol. The number of anilines is 1. The number of amides is 2. The van der Waals surface area contributed by atoms with Crippen molar-refractivity contribution >= 4 is 27.5 Å². The monoisotopic (exact) mass is 445 g/mol. The lowest BCUT2D eigenvalue weighted by Crippen LogP contribution is -2.33. The van der Waals surface area contributed by atoms with E-state index in [-0.39, 0.29) is 35.7 Å². The number of sulfonamides is 1. The van der Waals surface area contributed by atoms with Crippen molar-refractivity contribution in [2.75, 3.05) is 18.6 Å². The molecule has 0 fully saturated rings. The van der Waals surface area contributed by atoms with E-state index in [4.69, 9.17) is 4.74 Å². The van der Waals surface area contributed by atoms with Gasteiger partial charge in [0, 0.05) is 43.7 Å². The molecule has 1 aliphatic rings. The summed E-state index contributed by atoms with van der Waals surface area (Å²) in [5.74, 6) is 0.338. The van der Waals surface area contributed by atoms with Gasteiger partial charge in [0.05, 0.1) is 12.0 Å². The summed E-state index contributed by atoms with van der Waals surface area (Å²) in [5, 5.41) is 2.76. The van der Waals surface area contributed by atoms with Crippen LogP contribution in [0.15, 0.2) is 47.4 Å². The van der Waals surface area contributed by atoms with Crippen LogP contribution in [0.2, 0.25) is 0 Å². The Balaban J connectivity index is 1.55. The van der Waals surface area contributed by atoms with Crippen molar-refractivity contribution in [2.24, 2.45) is 0 Å². The first-order valence-electron chi connectivity index (χ1n) is 10.0. The number of nitrogens with zero attached hydrogens (tertiary/aromatic N) is 1. The first-order valence-corrected chi connectivity index (χ1v) is 11.5. The van der Waals surface area contributed by atoms with E-state index < -0.39 is 10.0 Å². The molecule has 3 rings (SSSR count). The molecule has 0 radical (unpaired) electrons. The highest BCUT2D eigenvalue weighted by molar-refractivity contribution is 7.89. The smallest absolute Gasteiger partial charge is 0.240 e. The van der Waals surface area contributed by atoms with Crippen LogP contribution in [0.1, 0.15) is 31.4 Å². The molecule has 0 saturated carbocycles. The number of carbonyl (C=O) groups is 2. The molecule has 0 unspecified atom stereocenters. The van der Waals surface area contributed by atoms with Gasteiger partial charge >= 0.3 is 0 Å². The summed E-state index contributed by atoms with van der Waals surface area (Å²) in [6.07, 6.45) is 0.609. The minimum Gasteiger partial charge on any atom is -0.496 e. The Morgan fingerprint density at radius 2 is 1.94 bits per heavy atom. The lowest BCUT2D eigenvalue weighted by atomic mass is 10.1. The number of rotatable bonds is 8. The summed E-state index contributed by atoms with van der Waals surface area (Å²) < 4.78 is 33.0. The molecule has 8 nitrogen and oxygen atoms in total. The van der Waals surface area contributed by atoms with E-state index in [1.54, 1.807) is 24.1 Å². The zero-order chi connectivity index (χ0) is 22.6. The van der Waals surface area contributed by atoms with E-state index in [2.05, 4.69) is 10.0 Å².